The minimum Gasteiger partial charge on any atom is -0.370 e. The zero-order chi connectivity index (χ0) is 16.0. The fourth-order valence-corrected chi connectivity index (χ4v) is 1.72. The Morgan fingerprint density at radius 2 is 1.62 bits per heavy atom. The van der Waals surface area contributed by atoms with Crippen LogP contribution in [0.15, 0.2) is 6.07 Å². The molecular formula is C17H32N4. The van der Waals surface area contributed by atoms with Crippen LogP contribution in [0.3, 0.4) is 0 Å². The molecule has 0 aromatic carbocycles. The Morgan fingerprint density at radius 3 is 2.10 bits per heavy atom. The molecule has 4 nitrogen and oxygen atoms in total. The third-order valence-electron chi connectivity index (χ3n) is 3.88. The molecule has 0 spiro atoms. The molecule has 120 valence electrons. The maximum absolute atomic E-state index is 4.63. The van der Waals surface area contributed by atoms with Crippen molar-refractivity contribution in [1.82, 2.24) is 9.97 Å². The summed E-state index contributed by atoms with van der Waals surface area (Å²) in [4.78, 5) is 9.22. The van der Waals surface area contributed by atoms with E-state index in [4.69, 9.17) is 0 Å². The minimum atomic E-state index is 0.296. The number of nitrogens with zero attached hydrogens (tertiary/aromatic N) is 2. The second-order valence-corrected chi connectivity index (χ2v) is 7.23. The van der Waals surface area contributed by atoms with Gasteiger partial charge in [0.2, 0.25) is 0 Å². The molecule has 0 saturated carbocycles. The van der Waals surface area contributed by atoms with Gasteiger partial charge in [-0.3, -0.25) is 0 Å². The van der Waals surface area contributed by atoms with Gasteiger partial charge >= 0.3 is 0 Å². The summed E-state index contributed by atoms with van der Waals surface area (Å²) in [5.41, 5.74) is 0.296. The zero-order valence-corrected chi connectivity index (χ0v) is 14.7. The molecule has 0 aliphatic rings. The highest BCUT2D eigenvalue weighted by molar-refractivity contribution is 5.47. The van der Waals surface area contributed by atoms with Crippen LogP contribution in [-0.4, -0.2) is 23.1 Å². The number of anilines is 2. The van der Waals surface area contributed by atoms with Crippen LogP contribution in [0, 0.1) is 11.3 Å². The largest absolute Gasteiger partial charge is 0.370 e. The second-order valence-electron chi connectivity index (χ2n) is 7.23. The highest BCUT2D eigenvalue weighted by atomic mass is 15.1. The standard InChI is InChI=1S/C17H32N4/c1-8-9-18-14-10-15(21-16(20-14)12(2)3)19-11-13(4)17(5,6)7/h10,12-13H,8-9,11H2,1-7H3,(H2,18,19,20,21). The number of hydrogen-bond acceptors (Lipinski definition) is 4. The van der Waals surface area contributed by atoms with Crippen LogP contribution >= 0.6 is 0 Å². The van der Waals surface area contributed by atoms with Crippen molar-refractivity contribution in [3.63, 3.8) is 0 Å². The normalized spacial score (nSPS) is 13.3. The predicted octanol–water partition coefficient (Wildman–Crippen LogP) is 4.52. The maximum Gasteiger partial charge on any atom is 0.135 e. The molecule has 1 aromatic heterocycles. The molecule has 0 radical (unpaired) electrons. The van der Waals surface area contributed by atoms with Gasteiger partial charge in [0.25, 0.3) is 0 Å². The lowest BCUT2D eigenvalue weighted by atomic mass is 9.82. The Balaban J connectivity index is 2.82. The topological polar surface area (TPSA) is 49.8 Å². The average Bonchev–Trinajstić information content (AvgIpc) is 2.41. The number of rotatable bonds is 7. The molecule has 4 heteroatoms. The maximum atomic E-state index is 4.63. The fourth-order valence-electron chi connectivity index (χ4n) is 1.72. The van der Waals surface area contributed by atoms with Gasteiger partial charge in [-0.05, 0) is 17.8 Å². The predicted molar refractivity (Wildman–Crippen MR) is 92.0 cm³/mol. The van der Waals surface area contributed by atoms with Gasteiger partial charge in [0.1, 0.15) is 17.5 Å². The van der Waals surface area contributed by atoms with Crippen LogP contribution in [0.2, 0.25) is 0 Å². The summed E-state index contributed by atoms with van der Waals surface area (Å²) in [6.07, 6.45) is 1.09. The molecular weight excluding hydrogens is 260 g/mol. The van der Waals surface area contributed by atoms with Crippen LogP contribution in [0.25, 0.3) is 0 Å². The van der Waals surface area contributed by atoms with Crippen molar-refractivity contribution in [2.24, 2.45) is 11.3 Å². The molecule has 1 rings (SSSR count). The van der Waals surface area contributed by atoms with Crippen LogP contribution in [0.1, 0.15) is 66.6 Å². The second kappa shape index (κ2) is 7.62. The molecule has 2 N–H and O–H groups in total. The Labute approximate surface area is 130 Å². The van der Waals surface area contributed by atoms with Crippen molar-refractivity contribution in [1.29, 1.82) is 0 Å². The summed E-state index contributed by atoms with van der Waals surface area (Å²) in [7, 11) is 0. The van der Waals surface area contributed by atoms with Gasteiger partial charge in [0, 0.05) is 25.1 Å². The van der Waals surface area contributed by atoms with Crippen LogP contribution in [-0.2, 0) is 0 Å². The lowest BCUT2D eigenvalue weighted by Gasteiger charge is -2.27. The van der Waals surface area contributed by atoms with Crippen molar-refractivity contribution in [3.05, 3.63) is 11.9 Å². The highest BCUT2D eigenvalue weighted by Crippen LogP contribution is 2.26. The van der Waals surface area contributed by atoms with Gasteiger partial charge in [-0.15, -0.1) is 0 Å². The van der Waals surface area contributed by atoms with E-state index in [-0.39, 0.29) is 0 Å². The van der Waals surface area contributed by atoms with E-state index in [9.17, 15) is 0 Å². The summed E-state index contributed by atoms with van der Waals surface area (Å²) >= 11 is 0. The summed E-state index contributed by atoms with van der Waals surface area (Å²) in [5, 5.41) is 6.83. The number of hydrogen-bond donors (Lipinski definition) is 2. The molecule has 1 unspecified atom stereocenters. The molecule has 0 bridgehead atoms. The van der Waals surface area contributed by atoms with Gasteiger partial charge in [0.15, 0.2) is 0 Å². The summed E-state index contributed by atoms with van der Waals surface area (Å²) in [6, 6.07) is 2.01. The Morgan fingerprint density at radius 1 is 1.05 bits per heavy atom. The quantitative estimate of drug-likeness (QED) is 0.776. The van der Waals surface area contributed by atoms with Crippen molar-refractivity contribution in [2.75, 3.05) is 23.7 Å². The first-order valence-electron chi connectivity index (χ1n) is 8.10. The fraction of sp³-hybridized carbons (Fsp3) is 0.765. The highest BCUT2D eigenvalue weighted by Gasteiger charge is 2.20. The van der Waals surface area contributed by atoms with E-state index < -0.39 is 0 Å². The minimum absolute atomic E-state index is 0.296. The van der Waals surface area contributed by atoms with E-state index in [1.165, 1.54) is 0 Å². The monoisotopic (exact) mass is 292 g/mol. The van der Waals surface area contributed by atoms with Crippen molar-refractivity contribution in [2.45, 2.75) is 60.8 Å². The summed E-state index contributed by atoms with van der Waals surface area (Å²) < 4.78 is 0. The average molecular weight is 292 g/mol. The molecule has 0 amide bonds. The van der Waals surface area contributed by atoms with E-state index in [0.717, 1.165) is 37.0 Å². The first-order valence-corrected chi connectivity index (χ1v) is 8.10. The van der Waals surface area contributed by atoms with Gasteiger partial charge in [-0.1, -0.05) is 48.5 Å². The van der Waals surface area contributed by atoms with E-state index in [0.29, 0.717) is 17.3 Å². The van der Waals surface area contributed by atoms with Gasteiger partial charge in [-0.25, -0.2) is 9.97 Å². The molecule has 0 fully saturated rings. The SMILES string of the molecule is CCCNc1cc(NCC(C)C(C)(C)C)nc(C(C)C)n1. The lowest BCUT2D eigenvalue weighted by molar-refractivity contribution is 0.274. The van der Waals surface area contributed by atoms with E-state index >= 15 is 0 Å². The molecule has 0 aliphatic carbocycles. The Bertz CT molecular complexity index is 435. The van der Waals surface area contributed by atoms with Crippen LogP contribution in [0.4, 0.5) is 11.6 Å². The van der Waals surface area contributed by atoms with Crippen LogP contribution in [0.5, 0.6) is 0 Å². The zero-order valence-electron chi connectivity index (χ0n) is 14.7. The first-order chi connectivity index (χ1) is 9.74. The molecule has 1 heterocycles. The number of nitrogens with one attached hydrogen (secondary N) is 2. The number of aromatic nitrogens is 2. The van der Waals surface area contributed by atoms with Gasteiger partial charge in [0.05, 0.1) is 0 Å². The van der Waals surface area contributed by atoms with Crippen molar-refractivity contribution in [3.8, 4) is 0 Å². The third-order valence-corrected chi connectivity index (χ3v) is 3.88. The summed E-state index contributed by atoms with van der Waals surface area (Å²) in [5.74, 6) is 3.63. The Hall–Kier alpha value is -1.32. The Kier molecular flexibility index (Phi) is 6.43. The molecule has 0 saturated heterocycles. The van der Waals surface area contributed by atoms with Crippen molar-refractivity contribution >= 4 is 11.6 Å². The third kappa shape index (κ3) is 5.90. The van der Waals surface area contributed by atoms with E-state index in [1.807, 2.05) is 6.07 Å². The van der Waals surface area contributed by atoms with E-state index in [2.05, 4.69) is 69.1 Å². The van der Waals surface area contributed by atoms with Gasteiger partial charge in [-0.2, -0.15) is 0 Å². The van der Waals surface area contributed by atoms with Gasteiger partial charge < -0.3 is 10.6 Å². The molecule has 0 aliphatic heterocycles. The van der Waals surface area contributed by atoms with Crippen LogP contribution < -0.4 is 10.6 Å². The smallest absolute Gasteiger partial charge is 0.135 e. The lowest BCUT2D eigenvalue weighted by Crippen LogP contribution is -2.25. The molecule has 1 atom stereocenters. The first kappa shape index (κ1) is 17.7. The summed E-state index contributed by atoms with van der Waals surface area (Å²) in [6.45, 7) is 17.3. The molecule has 1 aromatic rings. The molecule has 21 heavy (non-hydrogen) atoms. The van der Waals surface area contributed by atoms with Crippen molar-refractivity contribution < 1.29 is 0 Å². The van der Waals surface area contributed by atoms with E-state index in [1.54, 1.807) is 0 Å².